The van der Waals surface area contributed by atoms with E-state index in [9.17, 15) is 5.11 Å². The van der Waals surface area contributed by atoms with Crippen molar-refractivity contribution in [1.82, 2.24) is 0 Å². The molecule has 0 saturated carbocycles. The Hall–Kier alpha value is -1.41. The van der Waals surface area contributed by atoms with Crippen LogP contribution < -0.4 is 0 Å². The third kappa shape index (κ3) is 8.14. The number of aliphatic hydroxyl groups is 2. The molecular formula is C18H27O3P. The minimum absolute atomic E-state index is 0.167. The van der Waals surface area contributed by atoms with Crippen LogP contribution in [-0.2, 0) is 11.3 Å². The molecule has 1 unspecified atom stereocenters. The van der Waals surface area contributed by atoms with Crippen molar-refractivity contribution in [2.75, 3.05) is 13.5 Å². The number of hydrogen-bond donors (Lipinski definition) is 2. The Morgan fingerprint density at radius 1 is 1.14 bits per heavy atom. The second kappa shape index (κ2) is 13.3. The Morgan fingerprint density at radius 2 is 1.73 bits per heavy atom. The highest BCUT2D eigenvalue weighted by atomic mass is 31.0. The molecule has 0 saturated heterocycles. The van der Waals surface area contributed by atoms with Crippen LogP contribution in [0.15, 0.2) is 54.3 Å². The smallest absolute Gasteiger partial charge is 0.115 e. The average molecular weight is 322 g/mol. The van der Waals surface area contributed by atoms with Crippen LogP contribution in [0.2, 0.25) is 0 Å². The fraction of sp³-hybridized carbons (Fsp3) is 0.333. The molecule has 0 amide bonds. The highest BCUT2D eigenvalue weighted by Gasteiger charge is 2.02. The molecule has 0 fully saturated rings. The van der Waals surface area contributed by atoms with E-state index in [0.717, 1.165) is 6.42 Å². The van der Waals surface area contributed by atoms with Gasteiger partial charge in [0, 0.05) is 7.11 Å². The molecule has 0 heterocycles. The third-order valence-corrected chi connectivity index (χ3v) is 2.72. The van der Waals surface area contributed by atoms with E-state index >= 15 is 0 Å². The first kappa shape index (κ1) is 20.6. The number of rotatable bonds is 3. The van der Waals surface area contributed by atoms with E-state index in [0.29, 0.717) is 12.4 Å². The van der Waals surface area contributed by atoms with Gasteiger partial charge in [0.2, 0.25) is 0 Å². The predicted molar refractivity (Wildman–Crippen MR) is 97.7 cm³/mol. The van der Waals surface area contributed by atoms with E-state index in [2.05, 4.69) is 33.5 Å². The zero-order valence-corrected chi connectivity index (χ0v) is 14.8. The number of benzene rings is 1. The van der Waals surface area contributed by atoms with Gasteiger partial charge >= 0.3 is 0 Å². The molecule has 0 aliphatic heterocycles. The summed E-state index contributed by atoms with van der Waals surface area (Å²) in [5, 5.41) is 16.9. The predicted octanol–water partition coefficient (Wildman–Crippen LogP) is 4.46. The fourth-order valence-corrected chi connectivity index (χ4v) is 1.81. The summed E-state index contributed by atoms with van der Waals surface area (Å²) in [6, 6.07) is 8.31. The summed E-state index contributed by atoms with van der Waals surface area (Å²) >= 11 is 0. The molecule has 0 bridgehead atoms. The summed E-state index contributed by atoms with van der Waals surface area (Å²) in [5.41, 5.74) is 3.55. The van der Waals surface area contributed by atoms with E-state index in [-0.39, 0.29) is 6.35 Å². The molecule has 1 aromatic carbocycles. The molecule has 1 aliphatic carbocycles. The number of aliphatic hydroxyl groups excluding tert-OH is 2. The van der Waals surface area contributed by atoms with Crippen LogP contribution >= 0.6 is 9.24 Å². The number of allylic oxidation sites excluding steroid dienone is 5. The van der Waals surface area contributed by atoms with E-state index in [1.54, 1.807) is 19.3 Å². The van der Waals surface area contributed by atoms with Gasteiger partial charge in [-0.05, 0) is 35.3 Å². The topological polar surface area (TPSA) is 49.7 Å². The van der Waals surface area contributed by atoms with Crippen molar-refractivity contribution in [1.29, 1.82) is 0 Å². The molecule has 1 aliphatic rings. The summed E-state index contributed by atoms with van der Waals surface area (Å²) < 4.78 is 5.08. The van der Waals surface area contributed by atoms with E-state index in [1.165, 1.54) is 16.7 Å². The molecule has 0 radical (unpaired) electrons. The quantitative estimate of drug-likeness (QED) is 0.808. The molecule has 2 rings (SSSR count). The molecule has 2 N–H and O–H groups in total. The van der Waals surface area contributed by atoms with Gasteiger partial charge in [0.15, 0.2) is 0 Å². The molecule has 22 heavy (non-hydrogen) atoms. The molecule has 122 valence electrons. The maximum atomic E-state index is 9.38. The Kier molecular flexibility index (Phi) is 12.4. The average Bonchev–Trinajstić information content (AvgIpc) is 2.76. The lowest BCUT2D eigenvalue weighted by atomic mass is 10.0. The van der Waals surface area contributed by atoms with Crippen LogP contribution in [0, 0.1) is 0 Å². The Balaban J connectivity index is 0.000000789. The lowest BCUT2D eigenvalue weighted by molar-refractivity contribution is 0.185. The van der Waals surface area contributed by atoms with Gasteiger partial charge in [-0.15, -0.1) is 9.24 Å². The Morgan fingerprint density at radius 3 is 2.27 bits per heavy atom. The Bertz CT molecular complexity index is 488. The van der Waals surface area contributed by atoms with Crippen molar-refractivity contribution in [2.24, 2.45) is 0 Å². The van der Waals surface area contributed by atoms with Gasteiger partial charge in [0.1, 0.15) is 5.76 Å². The summed E-state index contributed by atoms with van der Waals surface area (Å²) in [5.74, 6) is 0.302. The molecule has 1 aromatic rings. The van der Waals surface area contributed by atoms with Crippen molar-refractivity contribution >= 4 is 14.8 Å². The zero-order chi connectivity index (χ0) is 16.8. The number of methoxy groups -OCH3 is 1. The van der Waals surface area contributed by atoms with Gasteiger partial charge in [-0.1, -0.05) is 50.3 Å². The minimum Gasteiger partial charge on any atom is -0.508 e. The number of hydrogen-bond acceptors (Lipinski definition) is 3. The largest absolute Gasteiger partial charge is 0.508 e. The van der Waals surface area contributed by atoms with Crippen molar-refractivity contribution in [2.45, 2.75) is 26.9 Å². The van der Waals surface area contributed by atoms with Crippen molar-refractivity contribution in [3.63, 3.8) is 0 Å². The summed E-state index contributed by atoms with van der Waals surface area (Å²) in [6.07, 6.45) is 8.38. The first-order valence-electron chi connectivity index (χ1n) is 7.36. The van der Waals surface area contributed by atoms with Crippen molar-refractivity contribution in [3.05, 3.63) is 65.5 Å². The SMILES string of the molecule is CC.COCc1ccc(C2=CC=C(O)C=CC2)cc1.OCP. The standard InChI is InChI=1S/C15H16O2.C2H6.CH5OP/c1-17-11-12-5-7-14(8-6-12)13-3-2-4-15(16)10-9-13;1-2;2-1-3/h2,4-10,16H,3,11H2,1H3;1-2H3;2H,1,3H2. The summed E-state index contributed by atoms with van der Waals surface area (Å²) in [7, 11) is 3.83. The second-order valence-corrected chi connectivity index (χ2v) is 4.57. The van der Waals surface area contributed by atoms with E-state index < -0.39 is 0 Å². The van der Waals surface area contributed by atoms with Gasteiger partial charge in [0.05, 0.1) is 13.0 Å². The van der Waals surface area contributed by atoms with Gasteiger partial charge in [0.25, 0.3) is 0 Å². The first-order valence-corrected chi connectivity index (χ1v) is 8.18. The van der Waals surface area contributed by atoms with Crippen LogP contribution in [-0.4, -0.2) is 23.7 Å². The van der Waals surface area contributed by atoms with E-state index in [4.69, 9.17) is 9.84 Å². The van der Waals surface area contributed by atoms with Gasteiger partial charge in [-0.25, -0.2) is 0 Å². The zero-order valence-electron chi connectivity index (χ0n) is 13.6. The van der Waals surface area contributed by atoms with E-state index in [1.807, 2.05) is 26.0 Å². The minimum atomic E-state index is 0.167. The molecule has 4 heteroatoms. The molecule has 0 spiro atoms. The van der Waals surface area contributed by atoms with Crippen molar-refractivity contribution in [3.8, 4) is 0 Å². The second-order valence-electron chi connectivity index (χ2n) is 4.20. The monoisotopic (exact) mass is 322 g/mol. The van der Waals surface area contributed by atoms with Gasteiger partial charge in [-0.3, -0.25) is 0 Å². The first-order chi connectivity index (χ1) is 10.7. The van der Waals surface area contributed by atoms with Crippen LogP contribution in [0.1, 0.15) is 31.4 Å². The molecular weight excluding hydrogens is 295 g/mol. The maximum Gasteiger partial charge on any atom is 0.115 e. The van der Waals surface area contributed by atoms with Crippen LogP contribution in [0.4, 0.5) is 0 Å². The third-order valence-electron chi connectivity index (χ3n) is 2.72. The molecule has 0 aromatic heterocycles. The summed E-state index contributed by atoms with van der Waals surface area (Å²) in [6.45, 7) is 4.64. The molecule has 3 nitrogen and oxygen atoms in total. The van der Waals surface area contributed by atoms with Crippen LogP contribution in [0.25, 0.3) is 5.57 Å². The normalized spacial score (nSPS) is 12.8. The molecule has 1 atom stereocenters. The lowest BCUT2D eigenvalue weighted by Gasteiger charge is -2.05. The Labute approximate surface area is 136 Å². The number of ether oxygens (including phenoxy) is 1. The van der Waals surface area contributed by atoms with Gasteiger partial charge in [-0.2, -0.15) is 0 Å². The van der Waals surface area contributed by atoms with Gasteiger partial charge < -0.3 is 14.9 Å². The maximum absolute atomic E-state index is 9.38. The fourth-order valence-electron chi connectivity index (χ4n) is 1.81. The highest BCUT2D eigenvalue weighted by Crippen LogP contribution is 2.22. The highest BCUT2D eigenvalue weighted by molar-refractivity contribution is 7.16. The van der Waals surface area contributed by atoms with Crippen LogP contribution in [0.5, 0.6) is 0 Å². The lowest BCUT2D eigenvalue weighted by Crippen LogP contribution is -1.88. The van der Waals surface area contributed by atoms with Crippen LogP contribution in [0.3, 0.4) is 0 Å². The summed E-state index contributed by atoms with van der Waals surface area (Å²) in [4.78, 5) is 0. The van der Waals surface area contributed by atoms with Crippen molar-refractivity contribution < 1.29 is 14.9 Å².